The molecular weight excluding hydrogens is 397 g/mol. The molecule has 0 aromatic heterocycles. The Bertz CT molecular complexity index is 965. The van der Waals surface area contributed by atoms with Gasteiger partial charge in [0.25, 0.3) is 0 Å². The normalized spacial score (nSPS) is 29.9. The summed E-state index contributed by atoms with van der Waals surface area (Å²) >= 11 is 0. The highest BCUT2D eigenvalue weighted by atomic mass is 31.2. The minimum Gasteiger partial charge on any atom is -0.497 e. The van der Waals surface area contributed by atoms with Crippen molar-refractivity contribution < 1.29 is 18.3 Å². The summed E-state index contributed by atoms with van der Waals surface area (Å²) in [6.07, 6.45) is 6.68. The Morgan fingerprint density at radius 1 is 1.03 bits per heavy atom. The van der Waals surface area contributed by atoms with Gasteiger partial charge in [-0.3, -0.25) is 4.52 Å². The van der Waals surface area contributed by atoms with Crippen molar-refractivity contribution in [3.63, 3.8) is 0 Å². The van der Waals surface area contributed by atoms with Crippen molar-refractivity contribution in [2.24, 2.45) is 5.92 Å². The first-order valence-electron chi connectivity index (χ1n) is 10.9. The van der Waals surface area contributed by atoms with Crippen LogP contribution >= 0.6 is 7.75 Å². The summed E-state index contributed by atoms with van der Waals surface area (Å²) in [5, 5.41) is 0. The van der Waals surface area contributed by atoms with E-state index in [0.717, 1.165) is 31.6 Å². The molecule has 2 bridgehead atoms. The van der Waals surface area contributed by atoms with Crippen LogP contribution in [0.4, 0.5) is 0 Å². The fourth-order valence-electron chi connectivity index (χ4n) is 6.20. The van der Waals surface area contributed by atoms with E-state index in [2.05, 4.69) is 22.9 Å². The second kappa shape index (κ2) is 7.71. The fraction of sp³-hybridized carbons (Fsp3) is 0.500. The van der Waals surface area contributed by atoms with Crippen LogP contribution in [-0.4, -0.2) is 31.5 Å². The summed E-state index contributed by atoms with van der Waals surface area (Å²) in [6.45, 7) is 0.718. The highest BCUT2D eigenvalue weighted by Crippen LogP contribution is 2.63. The predicted octanol–water partition coefficient (Wildman–Crippen LogP) is 5.59. The lowest BCUT2D eigenvalue weighted by molar-refractivity contribution is 0.0172. The Morgan fingerprint density at radius 2 is 1.87 bits per heavy atom. The van der Waals surface area contributed by atoms with Crippen LogP contribution in [0.2, 0.25) is 0 Å². The molecule has 1 heterocycles. The molecule has 2 aliphatic carbocycles. The molecule has 160 valence electrons. The molecule has 4 atom stereocenters. The molecule has 30 heavy (non-hydrogen) atoms. The quantitative estimate of drug-likeness (QED) is 0.583. The van der Waals surface area contributed by atoms with Gasteiger partial charge in [-0.15, -0.1) is 0 Å². The number of methoxy groups -OCH3 is 1. The Hall–Kier alpha value is -1.81. The number of hydrogen-bond donors (Lipinski definition) is 0. The van der Waals surface area contributed by atoms with E-state index in [0.29, 0.717) is 11.7 Å². The lowest BCUT2D eigenvalue weighted by Gasteiger charge is -2.59. The molecule has 0 amide bonds. The van der Waals surface area contributed by atoms with Gasteiger partial charge in [0.2, 0.25) is 0 Å². The van der Waals surface area contributed by atoms with E-state index in [9.17, 15) is 4.57 Å². The van der Waals surface area contributed by atoms with E-state index in [-0.39, 0.29) is 11.5 Å². The molecule has 2 aromatic rings. The molecule has 1 saturated carbocycles. The summed E-state index contributed by atoms with van der Waals surface area (Å²) in [7, 11) is -0.202. The van der Waals surface area contributed by atoms with Crippen molar-refractivity contribution in [1.82, 2.24) is 4.67 Å². The van der Waals surface area contributed by atoms with Crippen molar-refractivity contribution in [2.75, 3.05) is 20.8 Å². The summed E-state index contributed by atoms with van der Waals surface area (Å²) in [4.78, 5) is 0. The average Bonchev–Trinajstić information content (AvgIpc) is 2.79. The molecule has 2 unspecified atom stereocenters. The van der Waals surface area contributed by atoms with Crippen molar-refractivity contribution in [3.8, 4) is 11.5 Å². The van der Waals surface area contributed by atoms with Gasteiger partial charge in [-0.2, -0.15) is 4.67 Å². The number of para-hydroxylation sites is 1. The van der Waals surface area contributed by atoms with Crippen LogP contribution in [0.3, 0.4) is 0 Å². The van der Waals surface area contributed by atoms with Gasteiger partial charge in [-0.1, -0.05) is 37.1 Å². The average molecular weight is 427 g/mol. The van der Waals surface area contributed by atoms with Crippen LogP contribution in [0.1, 0.15) is 43.2 Å². The third-order valence-electron chi connectivity index (χ3n) is 7.52. The van der Waals surface area contributed by atoms with E-state index >= 15 is 0 Å². The van der Waals surface area contributed by atoms with Crippen molar-refractivity contribution in [3.05, 3.63) is 59.7 Å². The molecule has 0 radical (unpaired) electrons. The maximum Gasteiger partial charge on any atom is 0.461 e. The summed E-state index contributed by atoms with van der Waals surface area (Å²) in [6, 6.07) is 16.1. The Kier molecular flexibility index (Phi) is 5.17. The summed E-state index contributed by atoms with van der Waals surface area (Å²) in [5.41, 5.74) is 2.96. The largest absolute Gasteiger partial charge is 0.497 e. The van der Waals surface area contributed by atoms with Crippen LogP contribution in [0.15, 0.2) is 48.5 Å². The monoisotopic (exact) mass is 427 g/mol. The van der Waals surface area contributed by atoms with Gasteiger partial charge in [0.15, 0.2) is 0 Å². The van der Waals surface area contributed by atoms with Crippen LogP contribution in [-0.2, 0) is 20.9 Å². The van der Waals surface area contributed by atoms with Gasteiger partial charge in [0.1, 0.15) is 11.5 Å². The minimum absolute atomic E-state index is 0.146. The lowest BCUT2D eigenvalue weighted by Crippen LogP contribution is -2.60. The lowest BCUT2D eigenvalue weighted by atomic mass is 9.53. The third-order valence-corrected chi connectivity index (χ3v) is 9.55. The number of fused-ring (bicyclic) bond motifs is 1. The molecule has 1 saturated heterocycles. The standard InChI is InChI=1S/C24H30NO4P/c1-27-20-12-11-18-16-23-21-10-6-7-13-24(21,22(18)17-20)14-15-25(23)30(26,28-2)29-19-8-4-3-5-9-19/h3-5,8-9,11-12,17,21,23H,6-7,10,13-16H2,1-2H3/t21?,23-,24-,30?/m1/s1. The zero-order valence-corrected chi connectivity index (χ0v) is 18.6. The van der Waals surface area contributed by atoms with Crippen LogP contribution in [0, 0.1) is 5.92 Å². The SMILES string of the molecule is COc1ccc2c(c1)[C@@]13CCCCC1[C@@H](C2)N(P(=O)(OC)Oc1ccccc1)CC3. The molecule has 5 nitrogen and oxygen atoms in total. The Balaban J connectivity index is 1.55. The smallest absolute Gasteiger partial charge is 0.461 e. The molecule has 0 spiro atoms. The first kappa shape index (κ1) is 20.1. The summed E-state index contributed by atoms with van der Waals surface area (Å²) in [5.74, 6) is 1.98. The number of rotatable bonds is 5. The van der Waals surface area contributed by atoms with Crippen molar-refractivity contribution >= 4 is 7.75 Å². The Labute approximate surface area is 178 Å². The Morgan fingerprint density at radius 3 is 2.63 bits per heavy atom. The molecule has 2 fully saturated rings. The van der Waals surface area contributed by atoms with Crippen molar-refractivity contribution in [2.45, 2.75) is 50.0 Å². The first-order chi connectivity index (χ1) is 14.6. The molecule has 2 aromatic carbocycles. The number of nitrogens with zero attached hydrogens (tertiary/aromatic N) is 1. The van der Waals surface area contributed by atoms with E-state index in [1.165, 1.54) is 37.5 Å². The molecule has 3 aliphatic rings. The van der Waals surface area contributed by atoms with Gasteiger partial charge in [-0.05, 0) is 67.0 Å². The molecule has 6 heteroatoms. The maximum absolute atomic E-state index is 14.0. The number of ether oxygens (including phenoxy) is 1. The second-order valence-electron chi connectivity index (χ2n) is 8.77. The maximum atomic E-state index is 14.0. The van der Waals surface area contributed by atoms with Gasteiger partial charge in [0, 0.05) is 25.1 Å². The first-order valence-corrected chi connectivity index (χ1v) is 12.4. The van der Waals surface area contributed by atoms with E-state index < -0.39 is 7.75 Å². The zero-order chi connectivity index (χ0) is 20.8. The molecule has 0 N–H and O–H groups in total. The zero-order valence-electron chi connectivity index (χ0n) is 17.8. The number of hydrogen-bond acceptors (Lipinski definition) is 4. The van der Waals surface area contributed by atoms with Crippen molar-refractivity contribution in [1.29, 1.82) is 0 Å². The molecule has 5 rings (SSSR count). The summed E-state index contributed by atoms with van der Waals surface area (Å²) < 4.78 is 33.2. The number of piperidine rings is 1. The number of benzene rings is 2. The van der Waals surface area contributed by atoms with E-state index in [1.807, 2.05) is 30.3 Å². The molecular formula is C24H30NO4P. The third kappa shape index (κ3) is 3.10. The van der Waals surface area contributed by atoms with Gasteiger partial charge in [0.05, 0.1) is 7.11 Å². The fourth-order valence-corrected chi connectivity index (χ4v) is 7.93. The second-order valence-corrected chi connectivity index (χ2v) is 10.8. The van der Waals surface area contributed by atoms with E-state index in [1.54, 1.807) is 7.11 Å². The van der Waals surface area contributed by atoms with Crippen LogP contribution in [0.5, 0.6) is 11.5 Å². The van der Waals surface area contributed by atoms with Crippen LogP contribution < -0.4 is 9.26 Å². The van der Waals surface area contributed by atoms with Gasteiger partial charge < -0.3 is 9.26 Å². The highest BCUT2D eigenvalue weighted by molar-refractivity contribution is 7.51. The van der Waals surface area contributed by atoms with E-state index in [4.69, 9.17) is 13.8 Å². The van der Waals surface area contributed by atoms with Gasteiger partial charge in [-0.25, -0.2) is 4.57 Å². The highest BCUT2D eigenvalue weighted by Gasteiger charge is 2.57. The minimum atomic E-state index is -3.45. The topological polar surface area (TPSA) is 48.0 Å². The predicted molar refractivity (Wildman–Crippen MR) is 117 cm³/mol. The molecule has 1 aliphatic heterocycles. The van der Waals surface area contributed by atoms with Crippen LogP contribution in [0.25, 0.3) is 0 Å². The van der Waals surface area contributed by atoms with Gasteiger partial charge >= 0.3 is 7.75 Å².